The van der Waals surface area contributed by atoms with Gasteiger partial charge in [-0.05, 0) is 39.7 Å². The fourth-order valence-electron chi connectivity index (χ4n) is 3.52. The molecule has 0 spiro atoms. The van der Waals surface area contributed by atoms with Gasteiger partial charge >= 0.3 is 6.09 Å². The van der Waals surface area contributed by atoms with Gasteiger partial charge in [0.25, 0.3) is 0 Å². The van der Waals surface area contributed by atoms with E-state index in [1.54, 1.807) is 4.90 Å². The molecule has 1 unspecified atom stereocenters. The van der Waals surface area contributed by atoms with E-state index in [2.05, 4.69) is 29.0 Å². The molecule has 0 aromatic heterocycles. The Bertz CT molecular complexity index is 706. The lowest BCUT2D eigenvalue weighted by molar-refractivity contribution is 0.0187. The van der Waals surface area contributed by atoms with Crippen LogP contribution in [0.25, 0.3) is 0 Å². The Morgan fingerprint density at radius 2 is 2.00 bits per heavy atom. The van der Waals surface area contributed by atoms with Gasteiger partial charge in [-0.1, -0.05) is 13.0 Å². The zero-order chi connectivity index (χ0) is 19.6. The summed E-state index contributed by atoms with van der Waals surface area (Å²) in [7, 11) is 0. The van der Waals surface area contributed by atoms with E-state index >= 15 is 0 Å². The van der Waals surface area contributed by atoms with Crippen molar-refractivity contribution >= 4 is 17.6 Å². The van der Waals surface area contributed by atoms with Crippen molar-refractivity contribution in [3.63, 3.8) is 0 Å². The Morgan fingerprint density at radius 3 is 2.63 bits per heavy atom. The van der Waals surface area contributed by atoms with Gasteiger partial charge in [0.15, 0.2) is 0 Å². The van der Waals surface area contributed by atoms with Crippen LogP contribution in [0.15, 0.2) is 33.5 Å². The van der Waals surface area contributed by atoms with E-state index in [9.17, 15) is 4.79 Å². The van der Waals surface area contributed by atoms with Crippen LogP contribution in [0, 0.1) is 5.92 Å². The summed E-state index contributed by atoms with van der Waals surface area (Å²) >= 11 is 0. The Balaban J connectivity index is 1.70. The highest BCUT2D eigenvalue weighted by atomic mass is 16.6. The van der Waals surface area contributed by atoms with Gasteiger partial charge in [-0.3, -0.25) is 4.99 Å². The summed E-state index contributed by atoms with van der Waals surface area (Å²) in [6.45, 7) is 11.2. The highest BCUT2D eigenvalue weighted by molar-refractivity contribution is 6.02. The van der Waals surface area contributed by atoms with Gasteiger partial charge in [0, 0.05) is 38.6 Å². The van der Waals surface area contributed by atoms with Crippen molar-refractivity contribution in [3.8, 4) is 0 Å². The number of nitrogens with zero attached hydrogens (tertiary/aromatic N) is 4. The van der Waals surface area contributed by atoms with Crippen molar-refractivity contribution in [1.29, 1.82) is 0 Å². The van der Waals surface area contributed by atoms with Crippen LogP contribution in [0.5, 0.6) is 0 Å². The molecule has 1 fully saturated rings. The number of allylic oxidation sites excluding steroid dienone is 2. The predicted molar refractivity (Wildman–Crippen MR) is 108 cm³/mol. The maximum Gasteiger partial charge on any atom is 0.410 e. The quantitative estimate of drug-likeness (QED) is 0.766. The molecule has 0 bridgehead atoms. The fraction of sp³-hybridized carbons (Fsp3) is 0.650. The molecule has 3 aliphatic rings. The van der Waals surface area contributed by atoms with Crippen LogP contribution in [0.2, 0.25) is 0 Å². The number of piperazine rings is 1. The molecule has 1 saturated heterocycles. The summed E-state index contributed by atoms with van der Waals surface area (Å²) in [5.41, 5.74) is 8.55. The van der Waals surface area contributed by atoms with Crippen LogP contribution in [0.4, 0.5) is 4.79 Å². The molecular formula is C20H31N5O2. The van der Waals surface area contributed by atoms with Crippen LogP contribution in [0.1, 0.15) is 40.5 Å². The zero-order valence-corrected chi connectivity index (χ0v) is 16.9. The van der Waals surface area contributed by atoms with Crippen molar-refractivity contribution in [3.05, 3.63) is 23.5 Å². The van der Waals surface area contributed by atoms with Crippen molar-refractivity contribution in [2.45, 2.75) is 46.1 Å². The van der Waals surface area contributed by atoms with Gasteiger partial charge in [0.2, 0.25) is 0 Å². The average Bonchev–Trinajstić information content (AvgIpc) is 2.84. The number of rotatable bonds is 1. The maximum absolute atomic E-state index is 12.3. The summed E-state index contributed by atoms with van der Waals surface area (Å²) in [4.78, 5) is 25.8. The third-order valence-electron chi connectivity index (χ3n) is 4.99. The highest BCUT2D eigenvalue weighted by Crippen LogP contribution is 2.28. The maximum atomic E-state index is 12.3. The molecule has 0 aliphatic carbocycles. The molecule has 1 amide bonds. The second kappa shape index (κ2) is 7.74. The monoisotopic (exact) mass is 373 g/mol. The molecule has 7 nitrogen and oxygen atoms in total. The summed E-state index contributed by atoms with van der Waals surface area (Å²) in [6.07, 6.45) is 5.73. The zero-order valence-electron chi connectivity index (χ0n) is 16.9. The number of fused-ring (bicyclic) bond motifs is 1. The largest absolute Gasteiger partial charge is 0.444 e. The number of ether oxygens (including phenoxy) is 1. The van der Waals surface area contributed by atoms with Gasteiger partial charge in [0.1, 0.15) is 11.4 Å². The molecule has 0 saturated carbocycles. The summed E-state index contributed by atoms with van der Waals surface area (Å²) in [5.74, 6) is 1.19. The topological polar surface area (TPSA) is 83.5 Å². The molecule has 0 aromatic carbocycles. The third kappa shape index (κ3) is 4.51. The van der Waals surface area contributed by atoms with E-state index < -0.39 is 5.60 Å². The first-order chi connectivity index (χ1) is 12.8. The van der Waals surface area contributed by atoms with E-state index in [0.717, 1.165) is 55.4 Å². The number of carbonyl (C=O) groups is 1. The Morgan fingerprint density at radius 1 is 1.30 bits per heavy atom. The molecule has 0 radical (unpaired) electrons. The molecule has 27 heavy (non-hydrogen) atoms. The molecule has 3 aliphatic heterocycles. The number of aliphatic imine (C=N–C) groups is 2. The molecular weight excluding hydrogens is 342 g/mol. The minimum atomic E-state index is -0.471. The van der Waals surface area contributed by atoms with Gasteiger partial charge in [0.05, 0.1) is 17.1 Å². The lowest BCUT2D eigenvalue weighted by Gasteiger charge is -2.36. The van der Waals surface area contributed by atoms with E-state index in [-0.39, 0.29) is 12.0 Å². The first kappa shape index (κ1) is 19.5. The SMILES string of the molecule is CCC1=NCC2CC=CC(N3CCN(C(=O)OC(C)(C)C)CC3)=NC2=C1N. The molecule has 2 N–H and O–H groups in total. The van der Waals surface area contributed by atoms with Crippen LogP contribution < -0.4 is 5.73 Å². The first-order valence-corrected chi connectivity index (χ1v) is 9.80. The second-order valence-corrected chi connectivity index (χ2v) is 8.20. The first-order valence-electron chi connectivity index (χ1n) is 9.80. The summed E-state index contributed by atoms with van der Waals surface area (Å²) in [5, 5.41) is 0. The lowest BCUT2D eigenvalue weighted by atomic mass is 9.95. The fourth-order valence-corrected chi connectivity index (χ4v) is 3.52. The molecule has 148 valence electrons. The highest BCUT2D eigenvalue weighted by Gasteiger charge is 2.29. The van der Waals surface area contributed by atoms with E-state index in [4.69, 9.17) is 15.5 Å². The van der Waals surface area contributed by atoms with Crippen molar-refractivity contribution in [2.75, 3.05) is 32.7 Å². The van der Waals surface area contributed by atoms with Gasteiger partial charge in [-0.2, -0.15) is 0 Å². The number of dihydropyridines is 1. The van der Waals surface area contributed by atoms with E-state index in [1.165, 1.54) is 0 Å². The summed E-state index contributed by atoms with van der Waals surface area (Å²) < 4.78 is 5.47. The number of carbonyl (C=O) groups excluding carboxylic acids is 1. The number of amidine groups is 1. The third-order valence-corrected chi connectivity index (χ3v) is 4.99. The Hall–Kier alpha value is -2.31. The summed E-state index contributed by atoms with van der Waals surface area (Å²) in [6, 6.07) is 0. The molecule has 7 heteroatoms. The van der Waals surface area contributed by atoms with Gasteiger partial charge < -0.3 is 20.3 Å². The number of amides is 1. The lowest BCUT2D eigenvalue weighted by Crippen LogP contribution is -2.51. The van der Waals surface area contributed by atoms with Crippen molar-refractivity contribution in [1.82, 2.24) is 9.80 Å². The van der Waals surface area contributed by atoms with E-state index in [1.807, 2.05) is 20.8 Å². The van der Waals surface area contributed by atoms with Crippen LogP contribution in [-0.4, -0.2) is 65.8 Å². The van der Waals surface area contributed by atoms with E-state index in [0.29, 0.717) is 13.1 Å². The molecule has 3 rings (SSSR count). The van der Waals surface area contributed by atoms with Crippen molar-refractivity contribution in [2.24, 2.45) is 21.6 Å². The number of hydrogen-bond acceptors (Lipinski definition) is 6. The number of hydrogen-bond donors (Lipinski definition) is 1. The second-order valence-electron chi connectivity index (χ2n) is 8.20. The Labute approximate surface area is 161 Å². The normalized spacial score (nSPS) is 23.5. The smallest absolute Gasteiger partial charge is 0.410 e. The van der Waals surface area contributed by atoms with Gasteiger partial charge in [-0.25, -0.2) is 9.79 Å². The molecule has 3 heterocycles. The van der Waals surface area contributed by atoms with Crippen LogP contribution in [-0.2, 0) is 4.74 Å². The molecule has 1 atom stereocenters. The molecule has 0 aromatic rings. The van der Waals surface area contributed by atoms with Crippen LogP contribution in [0.3, 0.4) is 0 Å². The predicted octanol–water partition coefficient (Wildman–Crippen LogP) is 2.55. The van der Waals surface area contributed by atoms with Crippen LogP contribution >= 0.6 is 0 Å². The average molecular weight is 374 g/mol. The minimum absolute atomic E-state index is 0.247. The number of nitrogens with two attached hydrogens (primary N) is 1. The van der Waals surface area contributed by atoms with Crippen molar-refractivity contribution < 1.29 is 9.53 Å². The standard InChI is InChI=1S/C20H31N5O2/c1-5-15-17(21)18-14(13-22-15)7-6-8-16(23-18)24-9-11-25(12-10-24)19(26)27-20(2,3)4/h6,8,14H,5,7,9-13,21H2,1-4H3. The minimum Gasteiger partial charge on any atom is -0.444 e. The van der Waals surface area contributed by atoms with Gasteiger partial charge in [-0.15, -0.1) is 0 Å². The Kier molecular flexibility index (Phi) is 5.58.